The minimum atomic E-state index is 0.374. The largest absolute Gasteiger partial charge is 0.346 e. The molecule has 25 heavy (non-hydrogen) atoms. The number of aromatic nitrogens is 1. The van der Waals surface area contributed by atoms with Crippen LogP contribution in [0.1, 0.15) is 5.69 Å². The molecule has 1 aromatic heterocycles. The molecule has 3 aromatic rings. The predicted octanol–water partition coefficient (Wildman–Crippen LogP) is 4.27. The fourth-order valence-electron chi connectivity index (χ4n) is 2.62. The third-order valence-electron chi connectivity index (χ3n) is 4.08. The molecule has 0 bridgehead atoms. The van der Waals surface area contributed by atoms with Crippen LogP contribution in [-0.4, -0.2) is 29.4 Å². The topological polar surface area (TPSA) is 52.0 Å². The lowest BCUT2D eigenvalue weighted by Crippen LogP contribution is -2.33. The van der Waals surface area contributed by atoms with Crippen molar-refractivity contribution in [2.75, 3.05) is 18.9 Å². The monoisotopic (exact) mass is 330 g/mol. The number of hydrogen-bond donors (Lipinski definition) is 2. The summed E-state index contributed by atoms with van der Waals surface area (Å²) in [7, 11) is 1.92. The lowest BCUT2D eigenvalue weighted by Gasteiger charge is -2.22. The van der Waals surface area contributed by atoms with E-state index in [0.717, 1.165) is 35.5 Å². The summed E-state index contributed by atoms with van der Waals surface area (Å²) in [5.74, 6) is 0.374. The molecule has 3 rings (SSSR count). The quantitative estimate of drug-likeness (QED) is 0.542. The number of likely N-dealkylation sites (N-methyl/N-ethyl adjacent to an activating group) is 1. The lowest BCUT2D eigenvalue weighted by molar-refractivity contribution is 0.500. The molecule has 0 fully saturated rings. The molecule has 126 valence electrons. The van der Waals surface area contributed by atoms with Gasteiger partial charge in [0.2, 0.25) is 0 Å². The van der Waals surface area contributed by atoms with Gasteiger partial charge in [-0.3, -0.25) is 10.4 Å². The number of rotatable bonds is 5. The zero-order chi connectivity index (χ0) is 17.5. The van der Waals surface area contributed by atoms with E-state index in [4.69, 9.17) is 5.41 Å². The Morgan fingerprint density at radius 3 is 2.44 bits per heavy atom. The van der Waals surface area contributed by atoms with Crippen LogP contribution in [0.25, 0.3) is 11.1 Å². The van der Waals surface area contributed by atoms with E-state index in [1.165, 1.54) is 0 Å². The van der Waals surface area contributed by atoms with Gasteiger partial charge in [0, 0.05) is 43.2 Å². The zero-order valence-electron chi connectivity index (χ0n) is 14.3. The summed E-state index contributed by atoms with van der Waals surface area (Å²) in [6, 6.07) is 24.2. The fraction of sp³-hybridized carbons (Fsp3) is 0.143. The van der Waals surface area contributed by atoms with Crippen LogP contribution in [0.3, 0.4) is 0 Å². The lowest BCUT2D eigenvalue weighted by atomic mass is 10.0. The molecular formula is C21H22N4. The Balaban J connectivity index is 1.67. The van der Waals surface area contributed by atoms with Crippen molar-refractivity contribution in [2.24, 2.45) is 0 Å². The van der Waals surface area contributed by atoms with Gasteiger partial charge in [-0.1, -0.05) is 54.6 Å². The Morgan fingerprint density at radius 2 is 1.68 bits per heavy atom. The van der Waals surface area contributed by atoms with E-state index in [1.807, 2.05) is 66.5 Å². The standard InChI is InChI=1S/C21H22N4/c1-25(16-14-18-11-7-8-15-23-18)21(22)24-20-13-6-5-12-19(20)17-9-3-2-4-10-17/h2-13,15H,14,16H2,1H3,(H2,22,24). The van der Waals surface area contributed by atoms with E-state index < -0.39 is 0 Å². The third-order valence-corrected chi connectivity index (χ3v) is 4.08. The van der Waals surface area contributed by atoms with E-state index in [9.17, 15) is 0 Å². The second kappa shape index (κ2) is 8.11. The van der Waals surface area contributed by atoms with Gasteiger partial charge in [0.25, 0.3) is 0 Å². The van der Waals surface area contributed by atoms with Crippen LogP contribution in [0.5, 0.6) is 0 Å². The minimum Gasteiger partial charge on any atom is -0.346 e. The van der Waals surface area contributed by atoms with Gasteiger partial charge in [0.05, 0.1) is 0 Å². The maximum absolute atomic E-state index is 8.35. The van der Waals surface area contributed by atoms with Crippen LogP contribution in [0.2, 0.25) is 0 Å². The number of pyridine rings is 1. The molecule has 2 N–H and O–H groups in total. The van der Waals surface area contributed by atoms with Crippen molar-refractivity contribution in [3.63, 3.8) is 0 Å². The van der Waals surface area contributed by atoms with Crippen molar-refractivity contribution in [1.82, 2.24) is 9.88 Å². The second-order valence-corrected chi connectivity index (χ2v) is 5.88. The SMILES string of the molecule is CN(CCc1ccccn1)C(=N)Nc1ccccc1-c1ccccc1. The number of anilines is 1. The first-order valence-electron chi connectivity index (χ1n) is 8.35. The number of benzene rings is 2. The van der Waals surface area contributed by atoms with Crippen molar-refractivity contribution in [2.45, 2.75) is 6.42 Å². The van der Waals surface area contributed by atoms with Gasteiger partial charge < -0.3 is 10.2 Å². The molecule has 0 aliphatic heterocycles. The van der Waals surface area contributed by atoms with Crippen molar-refractivity contribution in [1.29, 1.82) is 5.41 Å². The summed E-state index contributed by atoms with van der Waals surface area (Å²) >= 11 is 0. The highest BCUT2D eigenvalue weighted by atomic mass is 15.3. The van der Waals surface area contributed by atoms with Crippen molar-refractivity contribution >= 4 is 11.6 Å². The van der Waals surface area contributed by atoms with Gasteiger partial charge >= 0.3 is 0 Å². The van der Waals surface area contributed by atoms with Crippen LogP contribution < -0.4 is 5.32 Å². The van der Waals surface area contributed by atoms with Crippen molar-refractivity contribution in [3.05, 3.63) is 84.7 Å². The molecule has 0 radical (unpaired) electrons. The minimum absolute atomic E-state index is 0.374. The number of guanidine groups is 1. The van der Waals surface area contributed by atoms with E-state index in [1.54, 1.807) is 6.20 Å². The molecule has 0 amide bonds. The molecule has 4 heteroatoms. The summed E-state index contributed by atoms with van der Waals surface area (Å²) in [6.07, 6.45) is 2.61. The van der Waals surface area contributed by atoms with Gasteiger partial charge in [-0.15, -0.1) is 0 Å². The molecule has 0 spiro atoms. The summed E-state index contributed by atoms with van der Waals surface area (Å²) in [5.41, 5.74) is 4.19. The average molecular weight is 330 g/mol. The molecule has 4 nitrogen and oxygen atoms in total. The molecule has 1 heterocycles. The maximum Gasteiger partial charge on any atom is 0.195 e. The highest BCUT2D eigenvalue weighted by molar-refractivity contribution is 5.95. The highest BCUT2D eigenvalue weighted by Gasteiger charge is 2.09. The molecule has 0 saturated carbocycles. The van der Waals surface area contributed by atoms with Crippen molar-refractivity contribution < 1.29 is 0 Å². The van der Waals surface area contributed by atoms with Crippen molar-refractivity contribution in [3.8, 4) is 11.1 Å². The molecule has 2 aromatic carbocycles. The van der Waals surface area contributed by atoms with E-state index in [0.29, 0.717) is 5.96 Å². The number of para-hydroxylation sites is 1. The maximum atomic E-state index is 8.35. The summed E-state index contributed by atoms with van der Waals surface area (Å²) < 4.78 is 0. The van der Waals surface area contributed by atoms with Gasteiger partial charge in [0.15, 0.2) is 5.96 Å². The normalized spacial score (nSPS) is 10.3. The highest BCUT2D eigenvalue weighted by Crippen LogP contribution is 2.27. The van der Waals surface area contributed by atoms with E-state index in [2.05, 4.69) is 28.5 Å². The Morgan fingerprint density at radius 1 is 0.960 bits per heavy atom. The molecule has 0 aliphatic rings. The average Bonchev–Trinajstić information content (AvgIpc) is 2.68. The number of nitrogens with one attached hydrogen (secondary N) is 2. The number of hydrogen-bond acceptors (Lipinski definition) is 2. The van der Waals surface area contributed by atoms with Gasteiger partial charge in [0.1, 0.15) is 0 Å². The Bertz CT molecular complexity index is 816. The van der Waals surface area contributed by atoms with E-state index >= 15 is 0 Å². The van der Waals surface area contributed by atoms with Gasteiger partial charge in [-0.05, 0) is 23.8 Å². The van der Waals surface area contributed by atoms with Gasteiger partial charge in [-0.25, -0.2) is 0 Å². The fourth-order valence-corrected chi connectivity index (χ4v) is 2.62. The molecule has 0 atom stereocenters. The summed E-state index contributed by atoms with van der Waals surface area (Å²) in [5, 5.41) is 11.6. The first-order chi connectivity index (χ1) is 12.2. The summed E-state index contributed by atoms with van der Waals surface area (Å²) in [6.45, 7) is 0.732. The molecule has 0 saturated heterocycles. The van der Waals surface area contributed by atoms with Crippen LogP contribution in [0.4, 0.5) is 5.69 Å². The Kier molecular flexibility index (Phi) is 5.42. The second-order valence-electron chi connectivity index (χ2n) is 5.88. The Labute approximate surface area is 148 Å². The molecule has 0 aliphatic carbocycles. The predicted molar refractivity (Wildman–Crippen MR) is 104 cm³/mol. The zero-order valence-corrected chi connectivity index (χ0v) is 14.3. The third kappa shape index (κ3) is 4.44. The smallest absolute Gasteiger partial charge is 0.195 e. The van der Waals surface area contributed by atoms with Crippen LogP contribution in [0, 0.1) is 5.41 Å². The van der Waals surface area contributed by atoms with Gasteiger partial charge in [-0.2, -0.15) is 0 Å². The van der Waals surface area contributed by atoms with Crippen LogP contribution in [-0.2, 0) is 6.42 Å². The van der Waals surface area contributed by atoms with Crippen LogP contribution >= 0.6 is 0 Å². The molecule has 0 unspecified atom stereocenters. The Hall–Kier alpha value is -3.14. The summed E-state index contributed by atoms with van der Waals surface area (Å²) in [4.78, 5) is 6.23. The van der Waals surface area contributed by atoms with E-state index in [-0.39, 0.29) is 0 Å². The van der Waals surface area contributed by atoms with Crippen LogP contribution in [0.15, 0.2) is 79.0 Å². The first-order valence-corrected chi connectivity index (χ1v) is 8.35. The number of nitrogens with zero attached hydrogens (tertiary/aromatic N) is 2. The molecular weight excluding hydrogens is 308 g/mol. The first kappa shape index (κ1) is 16.7.